The maximum atomic E-state index is 4.43. The third-order valence-electron chi connectivity index (χ3n) is 3.69. The maximum Gasteiger partial charge on any atom is 0.164 e. The minimum absolute atomic E-state index is 0.0672. The number of fused-ring (bicyclic) bond motifs is 3. The molecule has 3 heteroatoms. The lowest BCUT2D eigenvalue weighted by atomic mass is 9.87. The third-order valence-corrected chi connectivity index (χ3v) is 3.69. The smallest absolute Gasteiger partial charge is 0.164 e. The largest absolute Gasteiger partial charge is 0.305 e. The van der Waals surface area contributed by atoms with E-state index in [2.05, 4.69) is 59.8 Å². The highest BCUT2D eigenvalue weighted by Crippen LogP contribution is 2.37. The fourth-order valence-electron chi connectivity index (χ4n) is 2.95. The molecule has 3 nitrogen and oxygen atoms in total. The fraction of sp³-hybridized carbons (Fsp3) is 0.467. The number of hydrogen-bond acceptors (Lipinski definition) is 2. The number of nitrogens with zero attached hydrogens (tertiary/aromatic N) is 3. The molecule has 0 amide bonds. The van der Waals surface area contributed by atoms with Crippen LogP contribution in [0.15, 0.2) is 24.3 Å². The molecule has 2 aromatic rings. The lowest BCUT2D eigenvalue weighted by Gasteiger charge is -2.34. The Morgan fingerprint density at radius 3 is 2.78 bits per heavy atom. The first kappa shape index (κ1) is 11.5. The Kier molecular flexibility index (Phi) is 2.51. The van der Waals surface area contributed by atoms with E-state index in [1.807, 2.05) is 0 Å². The second kappa shape index (κ2) is 3.94. The topological polar surface area (TPSA) is 30.7 Å². The second-order valence-corrected chi connectivity index (χ2v) is 5.67. The first-order valence-corrected chi connectivity index (χ1v) is 6.66. The van der Waals surface area contributed by atoms with Crippen molar-refractivity contribution < 1.29 is 0 Å². The summed E-state index contributed by atoms with van der Waals surface area (Å²) in [4.78, 5) is 0. The van der Waals surface area contributed by atoms with E-state index in [0.717, 1.165) is 30.9 Å². The monoisotopic (exact) mass is 241 g/mol. The van der Waals surface area contributed by atoms with Crippen LogP contribution < -0.4 is 0 Å². The molecule has 0 N–H and O–H groups in total. The summed E-state index contributed by atoms with van der Waals surface area (Å²) in [5, 5.41) is 8.82. The average Bonchev–Trinajstić information content (AvgIpc) is 2.74. The Morgan fingerprint density at radius 1 is 1.22 bits per heavy atom. The number of benzene rings is 1. The minimum atomic E-state index is 0.0672. The quantitative estimate of drug-likeness (QED) is 0.808. The molecular formula is C15H19N3. The van der Waals surface area contributed by atoms with Crippen LogP contribution in [-0.4, -0.2) is 14.8 Å². The lowest BCUT2D eigenvalue weighted by Crippen LogP contribution is -2.34. The van der Waals surface area contributed by atoms with Gasteiger partial charge in [-0.3, -0.25) is 0 Å². The van der Waals surface area contributed by atoms with Gasteiger partial charge in [-0.25, -0.2) is 0 Å². The SMILES string of the molecule is CCCc1nnc2n1C(C)(C)Cc1ccccc1-2. The molecule has 1 aliphatic heterocycles. The molecule has 1 aromatic carbocycles. The second-order valence-electron chi connectivity index (χ2n) is 5.67. The summed E-state index contributed by atoms with van der Waals surface area (Å²) in [5.74, 6) is 2.15. The molecule has 0 aliphatic carbocycles. The van der Waals surface area contributed by atoms with Gasteiger partial charge >= 0.3 is 0 Å². The van der Waals surface area contributed by atoms with Crippen LogP contribution >= 0.6 is 0 Å². The van der Waals surface area contributed by atoms with Crippen molar-refractivity contribution in [3.8, 4) is 11.4 Å². The number of hydrogen-bond donors (Lipinski definition) is 0. The molecule has 0 fully saturated rings. The van der Waals surface area contributed by atoms with Gasteiger partial charge in [0.25, 0.3) is 0 Å². The Morgan fingerprint density at radius 2 is 2.00 bits per heavy atom. The summed E-state index contributed by atoms with van der Waals surface area (Å²) in [6.45, 7) is 6.73. The van der Waals surface area contributed by atoms with Crippen molar-refractivity contribution in [2.45, 2.75) is 45.6 Å². The van der Waals surface area contributed by atoms with E-state index in [9.17, 15) is 0 Å². The third kappa shape index (κ3) is 1.57. The van der Waals surface area contributed by atoms with Crippen LogP contribution in [0.1, 0.15) is 38.6 Å². The van der Waals surface area contributed by atoms with Crippen molar-refractivity contribution in [3.63, 3.8) is 0 Å². The summed E-state index contributed by atoms with van der Waals surface area (Å²) >= 11 is 0. The van der Waals surface area contributed by atoms with Crippen LogP contribution in [0.3, 0.4) is 0 Å². The Hall–Kier alpha value is -1.64. The summed E-state index contributed by atoms with van der Waals surface area (Å²) in [7, 11) is 0. The summed E-state index contributed by atoms with van der Waals surface area (Å²) in [6.07, 6.45) is 3.15. The molecule has 0 radical (unpaired) electrons. The lowest BCUT2D eigenvalue weighted by molar-refractivity contribution is 0.336. The van der Waals surface area contributed by atoms with Crippen molar-refractivity contribution in [3.05, 3.63) is 35.7 Å². The van der Waals surface area contributed by atoms with E-state index in [1.165, 1.54) is 11.1 Å². The maximum absolute atomic E-state index is 4.43. The molecule has 0 saturated heterocycles. The van der Waals surface area contributed by atoms with E-state index < -0.39 is 0 Å². The van der Waals surface area contributed by atoms with Gasteiger partial charge < -0.3 is 4.57 Å². The Labute approximate surface area is 108 Å². The van der Waals surface area contributed by atoms with Crippen LogP contribution in [0.2, 0.25) is 0 Å². The van der Waals surface area contributed by atoms with E-state index in [-0.39, 0.29) is 5.54 Å². The van der Waals surface area contributed by atoms with Crippen LogP contribution in [0.4, 0.5) is 0 Å². The van der Waals surface area contributed by atoms with Gasteiger partial charge in [-0.05, 0) is 32.3 Å². The van der Waals surface area contributed by atoms with Crippen molar-refractivity contribution >= 4 is 0 Å². The van der Waals surface area contributed by atoms with Crippen LogP contribution in [-0.2, 0) is 18.4 Å². The van der Waals surface area contributed by atoms with Crippen molar-refractivity contribution in [2.75, 3.05) is 0 Å². The van der Waals surface area contributed by atoms with Crippen molar-refractivity contribution in [1.82, 2.24) is 14.8 Å². The minimum Gasteiger partial charge on any atom is -0.305 e. The average molecular weight is 241 g/mol. The predicted octanol–water partition coefficient (Wildman–Crippen LogP) is 3.19. The van der Waals surface area contributed by atoms with E-state index in [4.69, 9.17) is 0 Å². The van der Waals surface area contributed by atoms with Gasteiger partial charge in [0.15, 0.2) is 5.82 Å². The first-order valence-electron chi connectivity index (χ1n) is 6.66. The van der Waals surface area contributed by atoms with Crippen LogP contribution in [0.5, 0.6) is 0 Å². The molecule has 0 saturated carbocycles. The summed E-state index contributed by atoms with van der Waals surface area (Å²) < 4.78 is 2.33. The predicted molar refractivity (Wildman–Crippen MR) is 72.5 cm³/mol. The van der Waals surface area contributed by atoms with E-state index >= 15 is 0 Å². The fourth-order valence-corrected chi connectivity index (χ4v) is 2.95. The van der Waals surface area contributed by atoms with Crippen molar-refractivity contribution in [1.29, 1.82) is 0 Å². The van der Waals surface area contributed by atoms with Crippen molar-refractivity contribution in [2.24, 2.45) is 0 Å². The Bertz CT molecular complexity index is 581. The van der Waals surface area contributed by atoms with E-state index in [1.54, 1.807) is 0 Å². The zero-order chi connectivity index (χ0) is 12.8. The van der Waals surface area contributed by atoms with Gasteiger partial charge in [0, 0.05) is 17.5 Å². The van der Waals surface area contributed by atoms with E-state index in [0.29, 0.717) is 0 Å². The number of rotatable bonds is 2. The van der Waals surface area contributed by atoms with Crippen LogP contribution in [0, 0.1) is 0 Å². The molecule has 3 rings (SSSR count). The number of aromatic nitrogens is 3. The number of aryl methyl sites for hydroxylation is 1. The van der Waals surface area contributed by atoms with Crippen LogP contribution in [0.25, 0.3) is 11.4 Å². The molecule has 1 aliphatic rings. The highest BCUT2D eigenvalue weighted by Gasteiger charge is 2.33. The Balaban J connectivity index is 2.23. The summed E-state index contributed by atoms with van der Waals surface area (Å²) in [5.41, 5.74) is 2.69. The molecule has 0 unspecified atom stereocenters. The molecule has 18 heavy (non-hydrogen) atoms. The molecule has 1 aromatic heterocycles. The summed E-state index contributed by atoms with van der Waals surface area (Å²) in [6, 6.07) is 8.54. The van der Waals surface area contributed by atoms with Gasteiger partial charge in [0.2, 0.25) is 0 Å². The normalized spacial score (nSPS) is 16.2. The van der Waals surface area contributed by atoms with Gasteiger partial charge in [-0.2, -0.15) is 0 Å². The highest BCUT2D eigenvalue weighted by molar-refractivity contribution is 5.63. The zero-order valence-electron chi connectivity index (χ0n) is 11.3. The molecule has 2 heterocycles. The van der Waals surface area contributed by atoms with Gasteiger partial charge in [-0.15, -0.1) is 10.2 Å². The molecular weight excluding hydrogens is 222 g/mol. The standard InChI is InChI=1S/C15H19N3/c1-4-7-13-16-17-14-12-9-6-5-8-11(12)10-15(2,3)18(13)14/h5-6,8-9H,4,7,10H2,1-3H3. The van der Waals surface area contributed by atoms with Gasteiger partial charge in [0.1, 0.15) is 5.82 Å². The highest BCUT2D eigenvalue weighted by atomic mass is 15.3. The van der Waals surface area contributed by atoms with Gasteiger partial charge in [0.05, 0.1) is 0 Å². The molecule has 0 spiro atoms. The van der Waals surface area contributed by atoms with Gasteiger partial charge in [-0.1, -0.05) is 31.2 Å². The molecule has 0 atom stereocenters. The molecule has 94 valence electrons. The first-order chi connectivity index (χ1) is 8.63. The zero-order valence-corrected chi connectivity index (χ0v) is 11.3. The molecule has 0 bridgehead atoms.